The number of thiol groups is 1. The van der Waals surface area contributed by atoms with Crippen LogP contribution < -0.4 is 0 Å². The van der Waals surface area contributed by atoms with E-state index in [9.17, 15) is 0 Å². The summed E-state index contributed by atoms with van der Waals surface area (Å²) in [5.41, 5.74) is 0. The molecule has 0 atom stereocenters. The van der Waals surface area contributed by atoms with Crippen LogP contribution in [0.5, 0.6) is 0 Å². The SMILES string of the molecule is CCCC(C)(C)S. The Morgan fingerprint density at radius 1 is 1.43 bits per heavy atom. The number of rotatable bonds is 2. The predicted molar refractivity (Wildman–Crippen MR) is 38.0 cm³/mol. The normalized spacial score (nSPS) is 12.0. The molecule has 0 aliphatic heterocycles. The summed E-state index contributed by atoms with van der Waals surface area (Å²) < 4.78 is 0.245. The van der Waals surface area contributed by atoms with Gasteiger partial charge in [-0.1, -0.05) is 27.2 Å². The van der Waals surface area contributed by atoms with Crippen molar-refractivity contribution in [1.29, 1.82) is 0 Å². The van der Waals surface area contributed by atoms with E-state index < -0.39 is 0 Å². The molecule has 0 amide bonds. The second kappa shape index (κ2) is 2.61. The second-order valence-electron chi connectivity index (χ2n) is 2.56. The van der Waals surface area contributed by atoms with Crippen LogP contribution in [0.2, 0.25) is 0 Å². The fourth-order valence-electron chi connectivity index (χ4n) is 0.612. The van der Waals surface area contributed by atoms with Crippen LogP contribution in [0.4, 0.5) is 0 Å². The van der Waals surface area contributed by atoms with E-state index in [4.69, 9.17) is 0 Å². The van der Waals surface area contributed by atoms with Crippen molar-refractivity contribution >= 4 is 12.6 Å². The lowest BCUT2D eigenvalue weighted by Gasteiger charge is -2.14. The van der Waals surface area contributed by atoms with Gasteiger partial charge in [0.05, 0.1) is 0 Å². The standard InChI is InChI=1S/C6H14S/c1-4-5-6(2,3)7/h7H,4-5H2,1-3H3. The molecule has 0 bridgehead atoms. The van der Waals surface area contributed by atoms with Gasteiger partial charge in [0.25, 0.3) is 0 Å². The van der Waals surface area contributed by atoms with Gasteiger partial charge in [0, 0.05) is 4.75 Å². The topological polar surface area (TPSA) is 0 Å². The van der Waals surface area contributed by atoms with Gasteiger partial charge in [-0.05, 0) is 6.42 Å². The lowest BCUT2D eigenvalue weighted by Crippen LogP contribution is -2.08. The van der Waals surface area contributed by atoms with Crippen LogP contribution in [-0.4, -0.2) is 4.75 Å². The van der Waals surface area contributed by atoms with E-state index in [0.717, 1.165) is 0 Å². The molecule has 0 aliphatic rings. The highest BCUT2D eigenvalue weighted by atomic mass is 32.1. The molecule has 0 spiro atoms. The zero-order chi connectivity index (χ0) is 5.91. The molecule has 0 saturated carbocycles. The Morgan fingerprint density at radius 3 is 1.86 bits per heavy atom. The van der Waals surface area contributed by atoms with Crippen molar-refractivity contribution in [3.63, 3.8) is 0 Å². The average molecular weight is 118 g/mol. The summed E-state index contributed by atoms with van der Waals surface area (Å²) in [5, 5.41) is 0. The van der Waals surface area contributed by atoms with Gasteiger partial charge in [-0.15, -0.1) is 0 Å². The molecule has 0 aromatic rings. The Morgan fingerprint density at radius 2 is 1.86 bits per heavy atom. The Balaban J connectivity index is 3.15. The Labute approximate surface area is 51.7 Å². The lowest BCUT2D eigenvalue weighted by molar-refractivity contribution is 0.632. The quantitative estimate of drug-likeness (QED) is 0.529. The first-order chi connectivity index (χ1) is 3.06. The molecule has 1 heteroatoms. The Kier molecular flexibility index (Phi) is 2.74. The highest BCUT2D eigenvalue weighted by molar-refractivity contribution is 7.81. The molecule has 0 aromatic carbocycles. The molecule has 0 N–H and O–H groups in total. The van der Waals surface area contributed by atoms with Crippen LogP contribution in [0.1, 0.15) is 33.6 Å². The minimum absolute atomic E-state index is 0.245. The summed E-state index contributed by atoms with van der Waals surface area (Å²) >= 11 is 4.33. The molecule has 0 unspecified atom stereocenters. The van der Waals surface area contributed by atoms with E-state index in [2.05, 4.69) is 33.4 Å². The van der Waals surface area contributed by atoms with Gasteiger partial charge >= 0.3 is 0 Å². The van der Waals surface area contributed by atoms with Crippen molar-refractivity contribution in [2.75, 3.05) is 0 Å². The zero-order valence-corrected chi connectivity index (χ0v) is 6.26. The van der Waals surface area contributed by atoms with Gasteiger partial charge in [-0.2, -0.15) is 12.6 Å². The van der Waals surface area contributed by atoms with E-state index in [1.54, 1.807) is 0 Å². The molecule has 0 nitrogen and oxygen atoms in total. The molecule has 0 rings (SSSR count). The summed E-state index contributed by atoms with van der Waals surface area (Å²) in [6, 6.07) is 0. The Hall–Kier alpha value is 0.350. The minimum Gasteiger partial charge on any atom is -0.173 e. The molecule has 0 aromatic heterocycles. The van der Waals surface area contributed by atoms with E-state index in [-0.39, 0.29) is 4.75 Å². The average Bonchev–Trinajstić information content (AvgIpc) is 1.30. The third kappa shape index (κ3) is 6.35. The maximum Gasteiger partial charge on any atom is 0.00730 e. The van der Waals surface area contributed by atoms with Crippen LogP contribution in [0.15, 0.2) is 0 Å². The third-order valence-electron chi connectivity index (χ3n) is 0.862. The smallest absolute Gasteiger partial charge is 0.00730 e. The van der Waals surface area contributed by atoms with E-state index in [1.165, 1.54) is 12.8 Å². The van der Waals surface area contributed by atoms with Crippen LogP contribution in [0.25, 0.3) is 0 Å². The molecule has 44 valence electrons. The van der Waals surface area contributed by atoms with Crippen molar-refractivity contribution < 1.29 is 0 Å². The van der Waals surface area contributed by atoms with Gasteiger partial charge < -0.3 is 0 Å². The zero-order valence-electron chi connectivity index (χ0n) is 5.36. The predicted octanol–water partition coefficient (Wildman–Crippen LogP) is 2.49. The van der Waals surface area contributed by atoms with Gasteiger partial charge in [0.1, 0.15) is 0 Å². The van der Waals surface area contributed by atoms with Crippen molar-refractivity contribution in [2.45, 2.75) is 38.4 Å². The van der Waals surface area contributed by atoms with Crippen LogP contribution in [0, 0.1) is 0 Å². The van der Waals surface area contributed by atoms with Crippen LogP contribution in [-0.2, 0) is 0 Å². The van der Waals surface area contributed by atoms with Gasteiger partial charge in [-0.3, -0.25) is 0 Å². The lowest BCUT2D eigenvalue weighted by atomic mass is 10.1. The first-order valence-corrected chi connectivity index (χ1v) is 3.23. The highest BCUT2D eigenvalue weighted by Gasteiger charge is 2.07. The first kappa shape index (κ1) is 7.35. The maximum absolute atomic E-state index is 4.33. The fraction of sp³-hybridized carbons (Fsp3) is 1.00. The van der Waals surface area contributed by atoms with Gasteiger partial charge in [-0.25, -0.2) is 0 Å². The van der Waals surface area contributed by atoms with Crippen LogP contribution >= 0.6 is 12.6 Å². The monoisotopic (exact) mass is 118 g/mol. The molecule has 0 fully saturated rings. The van der Waals surface area contributed by atoms with E-state index in [1.807, 2.05) is 0 Å². The summed E-state index contributed by atoms with van der Waals surface area (Å²) in [7, 11) is 0. The molecule has 0 saturated heterocycles. The summed E-state index contributed by atoms with van der Waals surface area (Å²) in [4.78, 5) is 0. The Bertz CT molecular complexity index is 42.6. The molecule has 0 radical (unpaired) electrons. The third-order valence-corrected chi connectivity index (χ3v) is 1.09. The van der Waals surface area contributed by atoms with Gasteiger partial charge in [0.15, 0.2) is 0 Å². The molecule has 7 heavy (non-hydrogen) atoms. The molecular weight excluding hydrogens is 104 g/mol. The van der Waals surface area contributed by atoms with Crippen molar-refractivity contribution in [2.24, 2.45) is 0 Å². The van der Waals surface area contributed by atoms with Crippen molar-refractivity contribution in [3.05, 3.63) is 0 Å². The summed E-state index contributed by atoms with van der Waals surface area (Å²) in [5.74, 6) is 0. The van der Waals surface area contributed by atoms with Gasteiger partial charge in [0.2, 0.25) is 0 Å². The second-order valence-corrected chi connectivity index (χ2v) is 3.77. The summed E-state index contributed by atoms with van der Waals surface area (Å²) in [6.45, 7) is 6.46. The van der Waals surface area contributed by atoms with Crippen LogP contribution in [0.3, 0.4) is 0 Å². The minimum atomic E-state index is 0.245. The fourth-order valence-corrected chi connectivity index (χ4v) is 0.835. The first-order valence-electron chi connectivity index (χ1n) is 2.78. The van der Waals surface area contributed by atoms with Crippen molar-refractivity contribution in [1.82, 2.24) is 0 Å². The molecule has 0 heterocycles. The largest absolute Gasteiger partial charge is 0.173 e. The number of hydrogen-bond donors (Lipinski definition) is 1. The van der Waals surface area contributed by atoms with Crippen molar-refractivity contribution in [3.8, 4) is 0 Å². The van der Waals surface area contributed by atoms with E-state index >= 15 is 0 Å². The maximum atomic E-state index is 4.33. The van der Waals surface area contributed by atoms with E-state index in [0.29, 0.717) is 0 Å². The number of hydrogen-bond acceptors (Lipinski definition) is 1. The summed E-state index contributed by atoms with van der Waals surface area (Å²) in [6.07, 6.45) is 2.44. The molecule has 0 aliphatic carbocycles. The highest BCUT2D eigenvalue weighted by Crippen LogP contribution is 2.17. The molecular formula is C6H14S.